The highest BCUT2D eigenvalue weighted by molar-refractivity contribution is 5.70. The van der Waals surface area contributed by atoms with Gasteiger partial charge in [0.15, 0.2) is 5.65 Å². The third-order valence-electron chi connectivity index (χ3n) is 5.12. The Bertz CT molecular complexity index is 923. The molecule has 0 aliphatic heterocycles. The van der Waals surface area contributed by atoms with E-state index in [0.29, 0.717) is 13.1 Å². The van der Waals surface area contributed by atoms with E-state index in [0.717, 1.165) is 34.8 Å². The van der Waals surface area contributed by atoms with Crippen molar-refractivity contribution in [3.05, 3.63) is 64.1 Å². The van der Waals surface area contributed by atoms with E-state index in [2.05, 4.69) is 66.3 Å². The van der Waals surface area contributed by atoms with Crippen molar-refractivity contribution in [3.63, 3.8) is 0 Å². The molecule has 2 aromatic heterocycles. The Morgan fingerprint density at radius 1 is 1.11 bits per heavy atom. The minimum atomic E-state index is -0.354. The van der Waals surface area contributed by atoms with Gasteiger partial charge in [0.25, 0.3) is 0 Å². The molecule has 2 heterocycles. The first kappa shape index (κ1) is 19.4. The molecule has 27 heavy (non-hydrogen) atoms. The second kappa shape index (κ2) is 8.11. The maximum absolute atomic E-state index is 9.48. The molecule has 3 N–H and O–H groups in total. The monoisotopic (exact) mass is 366 g/mol. The topological polar surface area (TPSA) is 61.6 Å². The minimum absolute atomic E-state index is 0.354. The van der Waals surface area contributed by atoms with Crippen LogP contribution in [0.3, 0.4) is 0 Å². The zero-order valence-corrected chi connectivity index (χ0v) is 16.9. The first-order valence-corrected chi connectivity index (χ1v) is 9.52. The van der Waals surface area contributed by atoms with Crippen molar-refractivity contribution in [1.82, 2.24) is 14.7 Å². The van der Waals surface area contributed by atoms with Crippen LogP contribution in [0.15, 0.2) is 30.5 Å². The van der Waals surface area contributed by atoms with Gasteiger partial charge >= 0.3 is 0 Å². The molecule has 0 bridgehead atoms. The summed E-state index contributed by atoms with van der Waals surface area (Å²) in [6.45, 7) is 12.3. The summed E-state index contributed by atoms with van der Waals surface area (Å²) < 4.78 is 2.15. The number of aliphatic hydroxyl groups excluding tert-OH is 1. The van der Waals surface area contributed by atoms with E-state index in [1.54, 1.807) is 6.92 Å². The number of aliphatic hydroxyl groups is 1. The molecule has 0 saturated carbocycles. The second-order valence-corrected chi connectivity index (χ2v) is 7.44. The Hall–Kier alpha value is -2.37. The van der Waals surface area contributed by atoms with Crippen LogP contribution in [0.5, 0.6) is 0 Å². The summed E-state index contributed by atoms with van der Waals surface area (Å²) in [5.74, 6) is 0. The number of hydrogen-bond acceptors (Lipinski definition) is 4. The van der Waals surface area contributed by atoms with E-state index in [-0.39, 0.29) is 6.10 Å². The molecule has 0 radical (unpaired) electrons. The predicted octanol–water partition coefficient (Wildman–Crippen LogP) is 3.65. The number of aromatic nitrogens is 2. The molecule has 1 atom stereocenters. The van der Waals surface area contributed by atoms with Gasteiger partial charge in [0.2, 0.25) is 0 Å². The lowest BCUT2D eigenvalue weighted by molar-refractivity contribution is 0.191. The average molecular weight is 367 g/mol. The predicted molar refractivity (Wildman–Crippen MR) is 111 cm³/mol. The number of nitrogens with zero attached hydrogens (tertiary/aromatic N) is 2. The fourth-order valence-corrected chi connectivity index (χ4v) is 3.39. The summed E-state index contributed by atoms with van der Waals surface area (Å²) in [4.78, 5) is 4.76. The van der Waals surface area contributed by atoms with Crippen LogP contribution in [-0.2, 0) is 13.1 Å². The molecular formula is C22H30N4O. The van der Waals surface area contributed by atoms with Crippen molar-refractivity contribution >= 4 is 11.3 Å². The molecule has 3 aromatic rings. The maximum Gasteiger partial charge on any atom is 0.160 e. The van der Waals surface area contributed by atoms with E-state index >= 15 is 0 Å². The SMILES string of the molecule is Cc1cccc(C)c1CNc1cc(CNC[C@@H](C)O)cn2c(C)c(C)nc12. The Morgan fingerprint density at radius 2 is 1.81 bits per heavy atom. The van der Waals surface area contributed by atoms with Crippen molar-refractivity contribution in [2.45, 2.75) is 53.8 Å². The first-order valence-electron chi connectivity index (χ1n) is 9.52. The second-order valence-electron chi connectivity index (χ2n) is 7.44. The number of hydrogen-bond donors (Lipinski definition) is 3. The van der Waals surface area contributed by atoms with Gasteiger partial charge in [-0.3, -0.25) is 0 Å². The number of pyridine rings is 1. The van der Waals surface area contributed by atoms with Crippen molar-refractivity contribution in [2.75, 3.05) is 11.9 Å². The molecule has 0 aliphatic rings. The zero-order valence-electron chi connectivity index (χ0n) is 16.9. The Balaban J connectivity index is 1.91. The summed E-state index contributed by atoms with van der Waals surface area (Å²) in [7, 11) is 0. The van der Waals surface area contributed by atoms with Crippen LogP contribution in [0.4, 0.5) is 5.69 Å². The quantitative estimate of drug-likeness (QED) is 0.597. The molecule has 0 saturated heterocycles. The Kier molecular flexibility index (Phi) is 5.82. The highest BCUT2D eigenvalue weighted by Crippen LogP contribution is 2.23. The van der Waals surface area contributed by atoms with E-state index in [9.17, 15) is 5.11 Å². The van der Waals surface area contributed by atoms with Gasteiger partial charge in [0, 0.05) is 31.5 Å². The summed E-state index contributed by atoms with van der Waals surface area (Å²) >= 11 is 0. The zero-order chi connectivity index (χ0) is 19.6. The number of fused-ring (bicyclic) bond motifs is 1. The van der Waals surface area contributed by atoms with Crippen LogP contribution in [0.2, 0.25) is 0 Å². The van der Waals surface area contributed by atoms with Crippen LogP contribution in [0, 0.1) is 27.7 Å². The Morgan fingerprint density at radius 3 is 2.48 bits per heavy atom. The largest absolute Gasteiger partial charge is 0.392 e. The van der Waals surface area contributed by atoms with Gasteiger partial charge in [0.1, 0.15) is 0 Å². The molecule has 144 valence electrons. The first-order chi connectivity index (χ1) is 12.9. The van der Waals surface area contributed by atoms with Gasteiger partial charge in [-0.05, 0) is 62.9 Å². The summed E-state index contributed by atoms with van der Waals surface area (Å²) in [5.41, 5.74) is 9.26. The van der Waals surface area contributed by atoms with E-state index < -0.39 is 0 Å². The average Bonchev–Trinajstić information content (AvgIpc) is 2.89. The smallest absolute Gasteiger partial charge is 0.160 e. The van der Waals surface area contributed by atoms with Gasteiger partial charge < -0.3 is 20.1 Å². The van der Waals surface area contributed by atoms with Crippen LogP contribution >= 0.6 is 0 Å². The molecule has 0 spiro atoms. The van der Waals surface area contributed by atoms with Gasteiger partial charge in [-0.15, -0.1) is 0 Å². The minimum Gasteiger partial charge on any atom is -0.392 e. The third kappa shape index (κ3) is 4.31. The van der Waals surface area contributed by atoms with Gasteiger partial charge in [-0.25, -0.2) is 4.98 Å². The molecule has 0 amide bonds. The number of anilines is 1. The number of rotatable bonds is 7. The van der Waals surface area contributed by atoms with Gasteiger partial charge in [0.05, 0.1) is 17.5 Å². The molecule has 0 aliphatic carbocycles. The van der Waals surface area contributed by atoms with Crippen LogP contribution < -0.4 is 10.6 Å². The van der Waals surface area contributed by atoms with Crippen LogP contribution in [0.25, 0.3) is 5.65 Å². The highest BCUT2D eigenvalue weighted by Gasteiger charge is 2.12. The fraction of sp³-hybridized carbons (Fsp3) is 0.409. The molecular weight excluding hydrogens is 336 g/mol. The lowest BCUT2D eigenvalue weighted by Crippen LogP contribution is -2.24. The van der Waals surface area contributed by atoms with E-state index in [4.69, 9.17) is 4.98 Å². The van der Waals surface area contributed by atoms with Crippen molar-refractivity contribution in [2.24, 2.45) is 0 Å². The lowest BCUT2D eigenvalue weighted by atomic mass is 10.0. The Labute approximate surface area is 161 Å². The molecule has 5 nitrogen and oxygen atoms in total. The number of nitrogens with one attached hydrogen (secondary N) is 2. The number of benzene rings is 1. The molecule has 0 unspecified atom stereocenters. The van der Waals surface area contributed by atoms with E-state index in [1.807, 2.05) is 6.92 Å². The molecule has 3 rings (SSSR count). The molecule has 0 fully saturated rings. The van der Waals surface area contributed by atoms with Crippen molar-refractivity contribution in [1.29, 1.82) is 0 Å². The third-order valence-corrected chi connectivity index (χ3v) is 5.12. The van der Waals surface area contributed by atoms with Crippen molar-refractivity contribution < 1.29 is 5.11 Å². The number of imidazole rings is 1. The highest BCUT2D eigenvalue weighted by atomic mass is 16.3. The normalized spacial score (nSPS) is 12.5. The van der Waals surface area contributed by atoms with Crippen LogP contribution in [0.1, 0.15) is 40.6 Å². The molecule has 1 aromatic carbocycles. The lowest BCUT2D eigenvalue weighted by Gasteiger charge is -2.15. The number of aryl methyl sites for hydroxylation is 4. The van der Waals surface area contributed by atoms with E-state index in [1.165, 1.54) is 16.7 Å². The summed E-state index contributed by atoms with van der Waals surface area (Å²) in [6, 6.07) is 8.56. The molecule has 5 heteroatoms. The summed E-state index contributed by atoms with van der Waals surface area (Å²) in [6.07, 6.45) is 1.77. The van der Waals surface area contributed by atoms with Crippen molar-refractivity contribution in [3.8, 4) is 0 Å². The maximum atomic E-state index is 9.48. The van der Waals surface area contributed by atoms with Crippen LogP contribution in [-0.4, -0.2) is 27.1 Å². The van der Waals surface area contributed by atoms with Gasteiger partial charge in [-0.1, -0.05) is 18.2 Å². The fourth-order valence-electron chi connectivity index (χ4n) is 3.39. The van der Waals surface area contributed by atoms with Gasteiger partial charge in [-0.2, -0.15) is 0 Å². The summed E-state index contributed by atoms with van der Waals surface area (Å²) in [5, 5.41) is 16.4. The standard InChI is InChI=1S/C22H30N4O/c1-14-7-6-8-15(2)20(14)12-24-21-9-19(11-23-10-16(3)27)13-26-18(5)17(4)25-22(21)26/h6-9,13,16,23-24,27H,10-12H2,1-5H3/t16-/m1/s1.